The predicted molar refractivity (Wildman–Crippen MR) is 120 cm³/mol. The summed E-state index contributed by atoms with van der Waals surface area (Å²) < 4.78 is 0.825. The summed E-state index contributed by atoms with van der Waals surface area (Å²) >= 11 is 17.1. The SMILES string of the molecule is O=C(O)[C@H](Cc1ccccc1)N(Cc1sccc1Br)C(=O)c1ccc(Cl)cc1Cl. The summed E-state index contributed by atoms with van der Waals surface area (Å²) in [7, 11) is 0. The minimum absolute atomic E-state index is 0.139. The minimum atomic E-state index is -1.08. The van der Waals surface area contributed by atoms with Crippen molar-refractivity contribution in [3.05, 3.63) is 90.5 Å². The van der Waals surface area contributed by atoms with E-state index < -0.39 is 17.9 Å². The molecule has 1 amide bonds. The summed E-state index contributed by atoms with van der Waals surface area (Å²) in [5, 5.41) is 12.4. The van der Waals surface area contributed by atoms with Crippen molar-refractivity contribution in [2.45, 2.75) is 19.0 Å². The first-order chi connectivity index (χ1) is 13.9. The largest absolute Gasteiger partial charge is 0.480 e. The summed E-state index contributed by atoms with van der Waals surface area (Å²) in [5.74, 6) is -1.55. The van der Waals surface area contributed by atoms with Gasteiger partial charge in [-0.3, -0.25) is 4.79 Å². The van der Waals surface area contributed by atoms with E-state index >= 15 is 0 Å². The van der Waals surface area contributed by atoms with Gasteiger partial charge in [-0.2, -0.15) is 0 Å². The Morgan fingerprint density at radius 2 is 1.83 bits per heavy atom. The molecule has 0 unspecified atom stereocenters. The van der Waals surface area contributed by atoms with Gasteiger partial charge in [0.1, 0.15) is 6.04 Å². The lowest BCUT2D eigenvalue weighted by Gasteiger charge is -2.29. The van der Waals surface area contributed by atoms with Crippen LogP contribution >= 0.6 is 50.5 Å². The molecule has 1 heterocycles. The number of hydrogen-bond acceptors (Lipinski definition) is 3. The van der Waals surface area contributed by atoms with E-state index in [0.29, 0.717) is 5.02 Å². The van der Waals surface area contributed by atoms with Crippen molar-refractivity contribution >= 4 is 62.3 Å². The van der Waals surface area contributed by atoms with Gasteiger partial charge in [0.05, 0.1) is 17.1 Å². The number of benzene rings is 2. The minimum Gasteiger partial charge on any atom is -0.480 e. The first kappa shape index (κ1) is 21.8. The highest BCUT2D eigenvalue weighted by molar-refractivity contribution is 9.10. The Bertz CT molecular complexity index is 1030. The standard InChI is InChI=1S/C21H16BrCl2NO3S/c22-16-8-9-29-19(16)12-25(20(26)15-7-6-14(23)11-17(15)24)18(21(27)28)10-13-4-2-1-3-5-13/h1-9,11,18H,10,12H2,(H,27,28)/t18-/m0/s1. The molecule has 3 aromatic rings. The third-order valence-electron chi connectivity index (χ3n) is 4.36. The van der Waals surface area contributed by atoms with E-state index in [2.05, 4.69) is 15.9 Å². The van der Waals surface area contributed by atoms with Gasteiger partial charge in [0.15, 0.2) is 0 Å². The van der Waals surface area contributed by atoms with E-state index in [4.69, 9.17) is 23.2 Å². The van der Waals surface area contributed by atoms with Crippen LogP contribution in [0.2, 0.25) is 10.0 Å². The number of amides is 1. The van der Waals surface area contributed by atoms with Crippen molar-refractivity contribution in [2.75, 3.05) is 0 Å². The highest BCUT2D eigenvalue weighted by Gasteiger charge is 2.32. The molecule has 0 aliphatic heterocycles. The molecule has 0 aliphatic carbocycles. The molecule has 0 saturated carbocycles. The van der Waals surface area contributed by atoms with Crippen molar-refractivity contribution < 1.29 is 14.7 Å². The second kappa shape index (κ2) is 9.76. The summed E-state index contributed by atoms with van der Waals surface area (Å²) in [6, 6.07) is 14.6. The smallest absolute Gasteiger partial charge is 0.326 e. The molecule has 0 fully saturated rings. The van der Waals surface area contributed by atoms with Crippen LogP contribution in [-0.4, -0.2) is 27.9 Å². The average Bonchev–Trinajstić information content (AvgIpc) is 3.09. The highest BCUT2D eigenvalue weighted by Crippen LogP contribution is 2.29. The van der Waals surface area contributed by atoms with E-state index in [1.54, 1.807) is 6.07 Å². The van der Waals surface area contributed by atoms with Crippen molar-refractivity contribution in [1.29, 1.82) is 0 Å². The van der Waals surface area contributed by atoms with Crippen LogP contribution in [0.3, 0.4) is 0 Å². The van der Waals surface area contributed by atoms with Gasteiger partial charge < -0.3 is 10.0 Å². The van der Waals surface area contributed by atoms with Gasteiger partial charge in [0.25, 0.3) is 5.91 Å². The maximum atomic E-state index is 13.4. The Hall–Kier alpha value is -1.86. The van der Waals surface area contributed by atoms with Crippen LogP contribution in [0.1, 0.15) is 20.8 Å². The van der Waals surface area contributed by atoms with Gasteiger partial charge in [-0.05, 0) is 51.1 Å². The normalized spacial score (nSPS) is 11.8. The molecule has 0 aliphatic rings. The molecule has 29 heavy (non-hydrogen) atoms. The molecule has 2 aromatic carbocycles. The zero-order valence-corrected chi connectivity index (χ0v) is 18.9. The van der Waals surface area contributed by atoms with Crippen LogP contribution in [-0.2, 0) is 17.8 Å². The molecular weight excluding hydrogens is 497 g/mol. The fraction of sp³-hybridized carbons (Fsp3) is 0.143. The number of halogens is 3. The zero-order valence-electron chi connectivity index (χ0n) is 15.0. The Labute approximate surface area is 190 Å². The van der Waals surface area contributed by atoms with Crippen molar-refractivity contribution in [2.24, 2.45) is 0 Å². The van der Waals surface area contributed by atoms with Crippen LogP contribution in [0.4, 0.5) is 0 Å². The van der Waals surface area contributed by atoms with Crippen LogP contribution in [0.5, 0.6) is 0 Å². The topological polar surface area (TPSA) is 57.6 Å². The summed E-state index contributed by atoms with van der Waals surface area (Å²) in [6.07, 6.45) is 0.177. The Balaban J connectivity index is 2.01. The van der Waals surface area contributed by atoms with Crippen LogP contribution in [0.15, 0.2) is 64.5 Å². The number of hydrogen-bond donors (Lipinski definition) is 1. The lowest BCUT2D eigenvalue weighted by atomic mass is 10.0. The second-order valence-corrected chi connectivity index (χ2v) is 8.99. The zero-order chi connectivity index (χ0) is 21.0. The molecule has 8 heteroatoms. The van der Waals surface area contributed by atoms with Crippen LogP contribution < -0.4 is 0 Å². The number of rotatable bonds is 7. The monoisotopic (exact) mass is 511 g/mol. The molecule has 4 nitrogen and oxygen atoms in total. The third-order valence-corrected chi connectivity index (χ3v) is 6.82. The van der Waals surface area contributed by atoms with Gasteiger partial charge in [-0.1, -0.05) is 53.5 Å². The molecule has 0 bridgehead atoms. The molecule has 0 radical (unpaired) electrons. The average molecular weight is 513 g/mol. The number of carbonyl (C=O) groups is 2. The van der Waals surface area contributed by atoms with Crippen molar-refractivity contribution in [3.8, 4) is 0 Å². The lowest BCUT2D eigenvalue weighted by Crippen LogP contribution is -2.46. The molecule has 3 rings (SSSR count). The van der Waals surface area contributed by atoms with Gasteiger partial charge in [-0.25, -0.2) is 4.79 Å². The second-order valence-electron chi connectivity index (χ2n) is 6.29. The van der Waals surface area contributed by atoms with Crippen LogP contribution in [0, 0.1) is 0 Å². The number of nitrogens with zero attached hydrogens (tertiary/aromatic N) is 1. The fourth-order valence-electron chi connectivity index (χ4n) is 2.90. The number of aliphatic carboxylic acids is 1. The van der Waals surface area contributed by atoms with Crippen molar-refractivity contribution in [3.63, 3.8) is 0 Å². The molecule has 150 valence electrons. The van der Waals surface area contributed by atoms with E-state index in [1.807, 2.05) is 41.8 Å². The summed E-state index contributed by atoms with van der Waals surface area (Å²) in [5.41, 5.74) is 1.04. The molecule has 1 aromatic heterocycles. The van der Waals surface area contributed by atoms with Gasteiger partial charge in [-0.15, -0.1) is 11.3 Å². The first-order valence-electron chi connectivity index (χ1n) is 8.61. The van der Waals surface area contributed by atoms with E-state index in [-0.39, 0.29) is 23.6 Å². The Kier molecular flexibility index (Phi) is 7.35. The first-order valence-corrected chi connectivity index (χ1v) is 11.0. The predicted octanol–water partition coefficient (Wildman–Crippen LogP) is 6.16. The highest BCUT2D eigenvalue weighted by atomic mass is 79.9. The quantitative estimate of drug-likeness (QED) is 0.412. The number of carboxylic acid groups (broad SMARTS) is 1. The van der Waals surface area contributed by atoms with Gasteiger partial charge in [0.2, 0.25) is 0 Å². The van der Waals surface area contributed by atoms with Crippen LogP contribution in [0.25, 0.3) is 0 Å². The number of carbonyl (C=O) groups excluding carboxylic acids is 1. The number of carboxylic acids is 1. The van der Waals surface area contributed by atoms with Gasteiger partial charge >= 0.3 is 5.97 Å². The Morgan fingerprint density at radius 3 is 2.41 bits per heavy atom. The molecule has 1 N–H and O–H groups in total. The van der Waals surface area contributed by atoms with Crippen molar-refractivity contribution in [1.82, 2.24) is 4.90 Å². The summed E-state index contributed by atoms with van der Waals surface area (Å²) in [6.45, 7) is 0.139. The van der Waals surface area contributed by atoms with E-state index in [0.717, 1.165) is 14.9 Å². The summed E-state index contributed by atoms with van der Waals surface area (Å²) in [4.78, 5) is 27.8. The molecular formula is C21H16BrCl2NO3S. The maximum Gasteiger partial charge on any atom is 0.326 e. The molecule has 1 atom stereocenters. The van der Waals surface area contributed by atoms with E-state index in [9.17, 15) is 14.7 Å². The molecule has 0 saturated heterocycles. The lowest BCUT2D eigenvalue weighted by molar-refractivity contribution is -0.142. The molecule has 0 spiro atoms. The fourth-order valence-corrected chi connectivity index (χ4v) is 4.87. The number of thiophene rings is 1. The Morgan fingerprint density at radius 1 is 1.10 bits per heavy atom. The third kappa shape index (κ3) is 5.39. The van der Waals surface area contributed by atoms with E-state index in [1.165, 1.54) is 28.4 Å². The maximum absolute atomic E-state index is 13.4. The van der Waals surface area contributed by atoms with Gasteiger partial charge in [0, 0.05) is 20.8 Å².